The summed E-state index contributed by atoms with van der Waals surface area (Å²) in [4.78, 5) is 26.1. The van der Waals surface area contributed by atoms with Crippen LogP contribution in [0.3, 0.4) is 0 Å². The average Bonchev–Trinajstić information content (AvgIpc) is 3.23. The Bertz CT molecular complexity index is 915. The molecule has 2 atom stereocenters. The Morgan fingerprint density at radius 1 is 1.15 bits per heavy atom. The highest BCUT2D eigenvalue weighted by Crippen LogP contribution is 2.29. The molecule has 2 heterocycles. The minimum absolute atomic E-state index is 0.00477. The van der Waals surface area contributed by atoms with E-state index in [9.17, 15) is 9.59 Å². The van der Waals surface area contributed by atoms with E-state index in [4.69, 9.17) is 4.42 Å². The Labute approximate surface area is 151 Å². The van der Waals surface area contributed by atoms with Gasteiger partial charge in [-0.1, -0.05) is 48.5 Å². The molecule has 0 saturated carbocycles. The molecule has 5 heteroatoms. The number of likely N-dealkylation sites (tertiary alicyclic amines) is 1. The summed E-state index contributed by atoms with van der Waals surface area (Å²) < 4.78 is 6.00. The van der Waals surface area contributed by atoms with Crippen LogP contribution < -0.4 is 5.32 Å². The summed E-state index contributed by atoms with van der Waals surface area (Å²) in [6.45, 7) is 0.451. The van der Waals surface area contributed by atoms with Gasteiger partial charge in [0.25, 0.3) is 0 Å². The Balaban J connectivity index is 1.65. The fourth-order valence-electron chi connectivity index (χ4n) is 3.41. The van der Waals surface area contributed by atoms with Gasteiger partial charge in [0.2, 0.25) is 11.8 Å². The number of fused-ring (bicyclic) bond motifs is 1. The van der Waals surface area contributed by atoms with Crippen molar-refractivity contribution < 1.29 is 14.0 Å². The van der Waals surface area contributed by atoms with Crippen LogP contribution >= 0.6 is 0 Å². The minimum atomic E-state index is -0.392. The fraction of sp³-hybridized carbons (Fsp3) is 0.238. The zero-order valence-electron chi connectivity index (χ0n) is 14.5. The van der Waals surface area contributed by atoms with Crippen LogP contribution in [0.2, 0.25) is 0 Å². The molecule has 4 rings (SSSR count). The van der Waals surface area contributed by atoms with Crippen LogP contribution in [0.15, 0.2) is 65.1 Å². The van der Waals surface area contributed by atoms with Crippen molar-refractivity contribution in [3.8, 4) is 0 Å². The third-order valence-electron chi connectivity index (χ3n) is 4.86. The number of carbonyl (C=O) groups excluding carboxylic acids is 2. The molecule has 0 aliphatic carbocycles. The van der Waals surface area contributed by atoms with Gasteiger partial charge < -0.3 is 14.6 Å². The number of amides is 2. The van der Waals surface area contributed by atoms with Crippen molar-refractivity contribution in [3.05, 3.63) is 72.0 Å². The summed E-state index contributed by atoms with van der Waals surface area (Å²) in [5.74, 6) is 0.230. The van der Waals surface area contributed by atoms with Gasteiger partial charge >= 0.3 is 0 Å². The maximum Gasteiger partial charge on any atom is 0.226 e. The van der Waals surface area contributed by atoms with Gasteiger partial charge in [0.05, 0.1) is 5.92 Å². The van der Waals surface area contributed by atoms with Crippen molar-refractivity contribution in [3.63, 3.8) is 0 Å². The van der Waals surface area contributed by atoms with Gasteiger partial charge in [-0.15, -0.1) is 0 Å². The number of furan rings is 1. The van der Waals surface area contributed by atoms with Crippen molar-refractivity contribution in [1.29, 1.82) is 0 Å². The molecule has 1 fully saturated rings. The molecule has 0 spiro atoms. The van der Waals surface area contributed by atoms with Crippen molar-refractivity contribution in [1.82, 2.24) is 10.2 Å². The van der Waals surface area contributed by atoms with Crippen molar-refractivity contribution in [2.24, 2.45) is 5.92 Å². The van der Waals surface area contributed by atoms with E-state index in [0.29, 0.717) is 12.3 Å². The van der Waals surface area contributed by atoms with Gasteiger partial charge in [-0.05, 0) is 17.7 Å². The van der Waals surface area contributed by atoms with Crippen LogP contribution in [0.25, 0.3) is 11.0 Å². The second-order valence-corrected chi connectivity index (χ2v) is 6.71. The molecule has 1 aromatic heterocycles. The molecule has 0 radical (unpaired) electrons. The van der Waals surface area contributed by atoms with Gasteiger partial charge in [-0.2, -0.15) is 0 Å². The lowest BCUT2D eigenvalue weighted by Gasteiger charge is -2.19. The first-order chi connectivity index (χ1) is 12.6. The summed E-state index contributed by atoms with van der Waals surface area (Å²) in [6, 6.07) is 19.1. The van der Waals surface area contributed by atoms with Gasteiger partial charge in [-0.25, -0.2) is 0 Å². The van der Waals surface area contributed by atoms with E-state index >= 15 is 0 Å². The zero-order chi connectivity index (χ0) is 18.1. The van der Waals surface area contributed by atoms with E-state index in [-0.39, 0.29) is 24.2 Å². The lowest BCUT2D eigenvalue weighted by atomic mass is 10.0. The molecule has 3 aromatic rings. The third kappa shape index (κ3) is 3.08. The first kappa shape index (κ1) is 16.4. The maximum atomic E-state index is 12.8. The highest BCUT2D eigenvalue weighted by Gasteiger charge is 2.34. The van der Waals surface area contributed by atoms with Crippen LogP contribution in [0, 0.1) is 5.92 Å². The Morgan fingerprint density at radius 2 is 1.88 bits per heavy atom. The molecule has 1 aliphatic rings. The summed E-state index contributed by atoms with van der Waals surface area (Å²) >= 11 is 0. The standard InChI is InChI=1S/C21H20N2O3/c1-23-13-16(12-19(23)24)21(25)22-20(14-7-3-2-4-8-14)18-11-15-9-5-6-10-17(15)26-18/h2-11,16,20H,12-13H2,1H3,(H,22,25). The first-order valence-electron chi connectivity index (χ1n) is 8.69. The topological polar surface area (TPSA) is 62.6 Å². The molecular formula is C21H20N2O3. The highest BCUT2D eigenvalue weighted by molar-refractivity contribution is 5.89. The number of nitrogens with one attached hydrogen (secondary N) is 1. The number of rotatable bonds is 4. The summed E-state index contributed by atoms with van der Waals surface area (Å²) in [6.07, 6.45) is 0.254. The van der Waals surface area contributed by atoms with E-state index in [1.165, 1.54) is 0 Å². The second-order valence-electron chi connectivity index (χ2n) is 6.71. The highest BCUT2D eigenvalue weighted by atomic mass is 16.3. The maximum absolute atomic E-state index is 12.8. The summed E-state index contributed by atoms with van der Waals surface area (Å²) in [5, 5.41) is 4.08. The SMILES string of the molecule is CN1CC(C(=O)NC(c2ccccc2)c2cc3ccccc3o2)CC1=O. The molecule has 2 aromatic carbocycles. The van der Waals surface area contributed by atoms with E-state index < -0.39 is 6.04 Å². The lowest BCUT2D eigenvalue weighted by Crippen LogP contribution is -2.35. The quantitative estimate of drug-likeness (QED) is 0.788. The Hall–Kier alpha value is -3.08. The molecule has 0 bridgehead atoms. The second kappa shape index (κ2) is 6.67. The molecule has 1 N–H and O–H groups in total. The zero-order valence-corrected chi connectivity index (χ0v) is 14.5. The number of nitrogens with zero attached hydrogens (tertiary/aromatic N) is 1. The first-order valence-corrected chi connectivity index (χ1v) is 8.69. The van der Waals surface area contributed by atoms with E-state index in [2.05, 4.69) is 5.32 Å². The molecule has 2 unspecified atom stereocenters. The Morgan fingerprint density at radius 3 is 2.58 bits per heavy atom. The number of benzene rings is 2. The minimum Gasteiger partial charge on any atom is -0.459 e. The van der Waals surface area contributed by atoms with Crippen LogP contribution in [-0.4, -0.2) is 30.3 Å². The van der Waals surface area contributed by atoms with Crippen LogP contribution in [0.1, 0.15) is 23.8 Å². The van der Waals surface area contributed by atoms with Crippen LogP contribution in [0.4, 0.5) is 0 Å². The van der Waals surface area contributed by atoms with Gasteiger partial charge in [0.15, 0.2) is 0 Å². The predicted octanol–water partition coefficient (Wildman–Crippen LogP) is 3.12. The molecule has 132 valence electrons. The number of hydrogen-bond donors (Lipinski definition) is 1. The molecule has 1 aliphatic heterocycles. The molecule has 1 saturated heterocycles. The average molecular weight is 348 g/mol. The van der Waals surface area contributed by atoms with Crippen LogP contribution in [0.5, 0.6) is 0 Å². The van der Waals surface area contributed by atoms with Crippen molar-refractivity contribution in [2.75, 3.05) is 13.6 Å². The van der Waals surface area contributed by atoms with Gasteiger partial charge in [0.1, 0.15) is 17.4 Å². The third-order valence-corrected chi connectivity index (χ3v) is 4.86. The van der Waals surface area contributed by atoms with Crippen LogP contribution in [-0.2, 0) is 9.59 Å². The van der Waals surface area contributed by atoms with E-state index in [1.807, 2.05) is 60.7 Å². The fourth-order valence-corrected chi connectivity index (χ4v) is 3.41. The summed E-state index contributed by atoms with van der Waals surface area (Å²) in [7, 11) is 1.73. The van der Waals surface area contributed by atoms with Crippen molar-refractivity contribution in [2.45, 2.75) is 12.5 Å². The van der Waals surface area contributed by atoms with E-state index in [0.717, 1.165) is 16.5 Å². The Kier molecular flexibility index (Phi) is 4.21. The molecule has 2 amide bonds. The molecule has 26 heavy (non-hydrogen) atoms. The molecule has 5 nitrogen and oxygen atoms in total. The monoisotopic (exact) mass is 348 g/mol. The van der Waals surface area contributed by atoms with E-state index in [1.54, 1.807) is 11.9 Å². The smallest absolute Gasteiger partial charge is 0.226 e. The van der Waals surface area contributed by atoms with Crippen molar-refractivity contribution >= 4 is 22.8 Å². The lowest BCUT2D eigenvalue weighted by molar-refractivity contribution is -0.128. The van der Waals surface area contributed by atoms with Gasteiger partial charge in [0, 0.05) is 25.4 Å². The largest absolute Gasteiger partial charge is 0.459 e. The van der Waals surface area contributed by atoms with Gasteiger partial charge in [-0.3, -0.25) is 9.59 Å². The number of para-hydroxylation sites is 1. The number of hydrogen-bond acceptors (Lipinski definition) is 3. The normalized spacial score (nSPS) is 18.3. The summed E-state index contributed by atoms with van der Waals surface area (Å²) in [5.41, 5.74) is 1.73. The molecular weight excluding hydrogens is 328 g/mol. The number of carbonyl (C=O) groups is 2. The predicted molar refractivity (Wildman–Crippen MR) is 98.4 cm³/mol.